The molecule has 34 heavy (non-hydrogen) atoms. The van der Waals surface area contributed by atoms with Gasteiger partial charge in [0.2, 0.25) is 0 Å². The van der Waals surface area contributed by atoms with E-state index in [0.29, 0.717) is 28.4 Å². The van der Waals surface area contributed by atoms with E-state index in [4.69, 9.17) is 20.9 Å². The summed E-state index contributed by atoms with van der Waals surface area (Å²) in [7, 11) is 0. The molecule has 0 radical (unpaired) electrons. The van der Waals surface area contributed by atoms with Crippen LogP contribution in [0.15, 0.2) is 59.1 Å². The molecule has 0 fully saturated rings. The first kappa shape index (κ1) is 23.2. The predicted octanol–water partition coefficient (Wildman–Crippen LogP) is 5.67. The van der Waals surface area contributed by atoms with Crippen LogP contribution in [0.1, 0.15) is 21.6 Å². The maximum Gasteiger partial charge on any atom is 0.418 e. The summed E-state index contributed by atoms with van der Waals surface area (Å²) in [4.78, 5) is 29.4. The normalized spacial score (nSPS) is 11.4. The highest BCUT2D eigenvalue weighted by Crippen LogP contribution is 2.36. The standard InChI is InChI=1S/C23H15ClF3N3O4/c1-12-20-15(10-18(29-21(20)34-30-12)13-5-3-2-4-6-13)22(32)33-11-19(31)28-17-8-7-14(24)9-16(17)23(25,26)27/h2-10H,11H2,1H3,(H,28,31). The molecule has 2 aromatic carbocycles. The first-order valence-electron chi connectivity index (χ1n) is 9.79. The molecule has 0 unspecified atom stereocenters. The zero-order valence-electron chi connectivity index (χ0n) is 17.4. The van der Waals surface area contributed by atoms with Crippen molar-refractivity contribution in [2.75, 3.05) is 11.9 Å². The van der Waals surface area contributed by atoms with E-state index in [2.05, 4.69) is 15.5 Å². The average Bonchev–Trinajstić information content (AvgIpc) is 3.18. The molecule has 2 heterocycles. The lowest BCUT2D eigenvalue weighted by Gasteiger charge is -2.14. The third kappa shape index (κ3) is 4.86. The summed E-state index contributed by atoms with van der Waals surface area (Å²) >= 11 is 5.64. The van der Waals surface area contributed by atoms with E-state index in [-0.39, 0.29) is 16.3 Å². The molecular weight excluding hydrogens is 475 g/mol. The maximum atomic E-state index is 13.2. The zero-order valence-corrected chi connectivity index (χ0v) is 18.2. The minimum absolute atomic E-state index is 0.0536. The molecule has 7 nitrogen and oxygen atoms in total. The van der Waals surface area contributed by atoms with E-state index in [9.17, 15) is 22.8 Å². The van der Waals surface area contributed by atoms with E-state index < -0.39 is 35.9 Å². The van der Waals surface area contributed by atoms with Gasteiger partial charge in [0.15, 0.2) is 6.61 Å². The Bertz CT molecular complexity index is 1390. The number of alkyl halides is 3. The molecule has 0 aliphatic heterocycles. The Balaban J connectivity index is 1.55. The number of anilines is 1. The van der Waals surface area contributed by atoms with E-state index >= 15 is 0 Å². The van der Waals surface area contributed by atoms with Gasteiger partial charge in [-0.15, -0.1) is 0 Å². The van der Waals surface area contributed by atoms with Crippen LogP contribution in [-0.2, 0) is 15.7 Å². The zero-order chi connectivity index (χ0) is 24.5. The third-order valence-corrected chi connectivity index (χ3v) is 5.04. The summed E-state index contributed by atoms with van der Waals surface area (Å²) in [5.74, 6) is -1.85. The molecule has 0 atom stereocenters. The molecule has 0 spiro atoms. The number of ether oxygens (including phenoxy) is 1. The highest BCUT2D eigenvalue weighted by Gasteiger charge is 2.34. The van der Waals surface area contributed by atoms with Crippen molar-refractivity contribution in [3.8, 4) is 11.3 Å². The molecule has 1 N–H and O–H groups in total. The van der Waals surface area contributed by atoms with E-state index in [1.807, 2.05) is 6.07 Å². The van der Waals surface area contributed by atoms with Gasteiger partial charge in [0, 0.05) is 10.6 Å². The lowest BCUT2D eigenvalue weighted by atomic mass is 10.1. The number of halogens is 4. The summed E-state index contributed by atoms with van der Waals surface area (Å²) in [6, 6.07) is 13.4. The fourth-order valence-electron chi connectivity index (χ4n) is 3.27. The molecule has 4 rings (SSSR count). The Hall–Kier alpha value is -3.92. The van der Waals surface area contributed by atoms with Crippen molar-refractivity contribution in [2.24, 2.45) is 0 Å². The Morgan fingerprint density at radius 2 is 1.85 bits per heavy atom. The first-order chi connectivity index (χ1) is 16.1. The SMILES string of the molecule is Cc1noc2nc(-c3ccccc3)cc(C(=O)OCC(=O)Nc3ccc(Cl)cc3C(F)(F)F)c12. The number of carbonyl (C=O) groups is 2. The molecule has 0 saturated heterocycles. The molecule has 0 aliphatic carbocycles. The van der Waals surface area contributed by atoms with Gasteiger partial charge in [-0.1, -0.05) is 47.1 Å². The molecular formula is C23H15ClF3N3O4. The number of hydrogen-bond acceptors (Lipinski definition) is 6. The summed E-state index contributed by atoms with van der Waals surface area (Å²) in [5, 5.41) is 6.08. The van der Waals surface area contributed by atoms with Crippen LogP contribution < -0.4 is 5.32 Å². The number of nitrogens with zero attached hydrogens (tertiary/aromatic N) is 2. The Kier molecular flexibility index (Phi) is 6.25. The van der Waals surface area contributed by atoms with Crippen LogP contribution in [-0.4, -0.2) is 28.6 Å². The molecule has 0 aliphatic rings. The van der Waals surface area contributed by atoms with Gasteiger partial charge in [0.05, 0.1) is 33.6 Å². The van der Waals surface area contributed by atoms with Crippen LogP contribution >= 0.6 is 11.6 Å². The number of esters is 1. The van der Waals surface area contributed by atoms with Gasteiger partial charge in [0.25, 0.3) is 11.6 Å². The van der Waals surface area contributed by atoms with Crippen molar-refractivity contribution in [1.29, 1.82) is 0 Å². The van der Waals surface area contributed by atoms with Crippen LogP contribution in [0.25, 0.3) is 22.4 Å². The van der Waals surface area contributed by atoms with Gasteiger partial charge < -0.3 is 14.6 Å². The molecule has 0 saturated carbocycles. The molecule has 1 amide bonds. The van der Waals surface area contributed by atoms with Gasteiger partial charge in [-0.05, 0) is 31.2 Å². The summed E-state index contributed by atoms with van der Waals surface area (Å²) in [5.41, 5.74) is 0.0246. The Labute approximate surface area is 195 Å². The number of hydrogen-bond donors (Lipinski definition) is 1. The largest absolute Gasteiger partial charge is 0.452 e. The monoisotopic (exact) mass is 489 g/mol. The second-order valence-electron chi connectivity index (χ2n) is 7.18. The minimum Gasteiger partial charge on any atom is -0.452 e. The van der Waals surface area contributed by atoms with Gasteiger partial charge in [0.1, 0.15) is 0 Å². The van der Waals surface area contributed by atoms with Crippen molar-refractivity contribution in [3.63, 3.8) is 0 Å². The van der Waals surface area contributed by atoms with Crippen molar-refractivity contribution >= 4 is 40.3 Å². The minimum atomic E-state index is -4.74. The van der Waals surface area contributed by atoms with E-state index in [0.717, 1.165) is 6.07 Å². The highest BCUT2D eigenvalue weighted by atomic mass is 35.5. The fourth-order valence-corrected chi connectivity index (χ4v) is 3.44. The summed E-state index contributed by atoms with van der Waals surface area (Å²) in [6.07, 6.45) is -4.74. The number of amides is 1. The average molecular weight is 490 g/mol. The fraction of sp³-hybridized carbons (Fsp3) is 0.130. The first-order valence-corrected chi connectivity index (χ1v) is 10.2. The number of aromatic nitrogens is 2. The molecule has 174 valence electrons. The van der Waals surface area contributed by atoms with Gasteiger partial charge in [-0.25, -0.2) is 9.78 Å². The van der Waals surface area contributed by atoms with Crippen molar-refractivity contribution < 1.29 is 32.0 Å². The summed E-state index contributed by atoms with van der Waals surface area (Å²) in [6.45, 7) is 0.784. The molecule has 0 bridgehead atoms. The smallest absolute Gasteiger partial charge is 0.418 e. The van der Waals surface area contributed by atoms with Gasteiger partial charge >= 0.3 is 12.1 Å². The topological polar surface area (TPSA) is 94.3 Å². The van der Waals surface area contributed by atoms with Crippen LogP contribution in [0.4, 0.5) is 18.9 Å². The summed E-state index contributed by atoms with van der Waals surface area (Å²) < 4.78 is 50.0. The molecule has 4 aromatic rings. The number of aryl methyl sites for hydroxylation is 1. The maximum absolute atomic E-state index is 13.2. The number of benzene rings is 2. The van der Waals surface area contributed by atoms with E-state index in [1.165, 1.54) is 12.1 Å². The predicted molar refractivity (Wildman–Crippen MR) is 117 cm³/mol. The number of carbonyl (C=O) groups excluding carboxylic acids is 2. The van der Waals surface area contributed by atoms with Crippen molar-refractivity contribution in [1.82, 2.24) is 10.1 Å². The number of fused-ring (bicyclic) bond motifs is 1. The van der Waals surface area contributed by atoms with Gasteiger partial charge in [-0.2, -0.15) is 13.2 Å². The highest BCUT2D eigenvalue weighted by molar-refractivity contribution is 6.30. The lowest BCUT2D eigenvalue weighted by molar-refractivity contribution is -0.137. The molecule has 11 heteroatoms. The van der Waals surface area contributed by atoms with Crippen molar-refractivity contribution in [2.45, 2.75) is 13.1 Å². The van der Waals surface area contributed by atoms with Crippen LogP contribution in [0.2, 0.25) is 5.02 Å². The van der Waals surface area contributed by atoms with Crippen LogP contribution in [0.3, 0.4) is 0 Å². The second kappa shape index (κ2) is 9.14. The Morgan fingerprint density at radius 3 is 2.56 bits per heavy atom. The van der Waals surface area contributed by atoms with Gasteiger partial charge in [-0.3, -0.25) is 4.79 Å². The Morgan fingerprint density at radius 1 is 1.12 bits per heavy atom. The number of pyridine rings is 1. The second-order valence-corrected chi connectivity index (χ2v) is 7.62. The van der Waals surface area contributed by atoms with Crippen molar-refractivity contribution in [3.05, 3.63) is 76.4 Å². The third-order valence-electron chi connectivity index (χ3n) is 4.80. The van der Waals surface area contributed by atoms with Crippen LogP contribution in [0, 0.1) is 6.92 Å². The number of rotatable bonds is 5. The van der Waals surface area contributed by atoms with Crippen LogP contribution in [0.5, 0.6) is 0 Å². The molecule has 2 aromatic heterocycles. The van der Waals surface area contributed by atoms with E-state index in [1.54, 1.807) is 31.2 Å². The number of nitrogens with one attached hydrogen (secondary N) is 1. The quantitative estimate of drug-likeness (QED) is 0.363. The lowest BCUT2D eigenvalue weighted by Crippen LogP contribution is -2.23.